The van der Waals surface area contributed by atoms with Gasteiger partial charge in [0.05, 0.1) is 0 Å². The first-order chi connectivity index (χ1) is 11.1. The van der Waals surface area contributed by atoms with Gasteiger partial charge in [-0.25, -0.2) is 4.79 Å². The molecule has 0 unspecified atom stereocenters. The van der Waals surface area contributed by atoms with Gasteiger partial charge in [-0.3, -0.25) is 4.79 Å². The van der Waals surface area contributed by atoms with E-state index in [0.717, 1.165) is 12.8 Å². The quantitative estimate of drug-likeness (QED) is 0.459. The van der Waals surface area contributed by atoms with E-state index in [-0.39, 0.29) is 18.0 Å². The van der Waals surface area contributed by atoms with Crippen LogP contribution in [0, 0.1) is 0 Å². The molecule has 128 valence electrons. The summed E-state index contributed by atoms with van der Waals surface area (Å²) >= 11 is 0. The van der Waals surface area contributed by atoms with Crippen molar-refractivity contribution in [3.05, 3.63) is 30.1 Å². The molecule has 1 heterocycles. The number of amides is 1. The fourth-order valence-corrected chi connectivity index (χ4v) is 2.46. The summed E-state index contributed by atoms with van der Waals surface area (Å²) < 4.78 is 1.59. The smallest absolute Gasteiger partial charge is 0.341 e. The zero-order chi connectivity index (χ0) is 16.9. The van der Waals surface area contributed by atoms with Crippen LogP contribution in [0.4, 0.5) is 0 Å². The molecule has 0 spiro atoms. The molecule has 0 fully saturated rings. The Morgan fingerprint density at radius 1 is 1.09 bits per heavy atom. The van der Waals surface area contributed by atoms with E-state index in [1.54, 1.807) is 16.8 Å². The van der Waals surface area contributed by atoms with Gasteiger partial charge in [0.2, 0.25) is 6.54 Å². The number of carbonyl (C=O) groups excluding carboxylic acids is 1. The maximum Gasteiger partial charge on any atom is 0.341 e. The summed E-state index contributed by atoms with van der Waals surface area (Å²) in [4.78, 5) is 22.7. The van der Waals surface area contributed by atoms with E-state index in [9.17, 15) is 9.59 Å². The van der Waals surface area contributed by atoms with E-state index < -0.39 is 5.97 Å². The van der Waals surface area contributed by atoms with Crippen molar-refractivity contribution in [3.63, 3.8) is 0 Å². The summed E-state index contributed by atoms with van der Waals surface area (Å²) in [5.74, 6) is -1.07. The Morgan fingerprint density at radius 2 is 1.74 bits per heavy atom. The van der Waals surface area contributed by atoms with E-state index in [2.05, 4.69) is 12.2 Å². The highest BCUT2D eigenvalue weighted by Crippen LogP contribution is 2.07. The van der Waals surface area contributed by atoms with Crippen LogP contribution in [0.3, 0.4) is 0 Å². The van der Waals surface area contributed by atoms with E-state index in [1.165, 1.54) is 50.8 Å². The van der Waals surface area contributed by atoms with Crippen molar-refractivity contribution in [1.29, 1.82) is 0 Å². The highest BCUT2D eigenvalue weighted by atomic mass is 16.4. The number of aromatic nitrogens is 1. The lowest BCUT2D eigenvalue weighted by Gasteiger charge is -2.04. The Labute approximate surface area is 138 Å². The standard InChI is InChI=1S/C18H28N2O3/c1-2-3-4-5-6-7-8-9-12-19-17(21)15-20-13-10-11-16(14-20)18(22)23/h10-11,13-14H,2-9,12,15H2,1H3,(H-,19,21,22,23)/p+1. The maximum atomic E-state index is 11.8. The number of unbranched alkanes of at least 4 members (excludes halogenated alkanes) is 7. The van der Waals surface area contributed by atoms with E-state index in [4.69, 9.17) is 5.11 Å². The second-order valence-electron chi connectivity index (χ2n) is 5.89. The number of nitrogens with zero attached hydrogens (tertiary/aromatic N) is 1. The Hall–Kier alpha value is -1.91. The molecule has 5 heteroatoms. The number of carbonyl (C=O) groups is 2. The Kier molecular flexibility index (Phi) is 9.68. The van der Waals surface area contributed by atoms with Crippen molar-refractivity contribution < 1.29 is 19.3 Å². The van der Waals surface area contributed by atoms with Gasteiger partial charge in [-0.05, 0) is 12.5 Å². The first kappa shape index (κ1) is 19.1. The highest BCUT2D eigenvalue weighted by molar-refractivity contribution is 5.86. The van der Waals surface area contributed by atoms with Crippen LogP contribution < -0.4 is 9.88 Å². The van der Waals surface area contributed by atoms with Gasteiger partial charge >= 0.3 is 5.97 Å². The summed E-state index contributed by atoms with van der Waals surface area (Å²) in [7, 11) is 0. The summed E-state index contributed by atoms with van der Waals surface area (Å²) in [5.41, 5.74) is 0.184. The molecule has 2 N–H and O–H groups in total. The zero-order valence-electron chi connectivity index (χ0n) is 14.1. The van der Waals surface area contributed by atoms with Gasteiger partial charge < -0.3 is 10.4 Å². The molecular weight excluding hydrogens is 292 g/mol. The molecule has 0 aliphatic carbocycles. The minimum Gasteiger partial charge on any atom is -0.477 e. The minimum atomic E-state index is -0.987. The Bertz CT molecular complexity index is 489. The number of hydrogen-bond acceptors (Lipinski definition) is 2. The van der Waals surface area contributed by atoms with Gasteiger partial charge in [0.15, 0.2) is 12.4 Å². The fraction of sp³-hybridized carbons (Fsp3) is 0.611. The molecule has 1 rings (SSSR count). The van der Waals surface area contributed by atoms with E-state index in [0.29, 0.717) is 6.54 Å². The van der Waals surface area contributed by atoms with Crippen LogP contribution in [-0.2, 0) is 11.3 Å². The molecule has 0 saturated heterocycles. The number of carboxylic acids is 1. The summed E-state index contributed by atoms with van der Waals surface area (Å²) in [5, 5.41) is 11.8. The molecule has 0 aliphatic rings. The predicted octanol–water partition coefficient (Wildman–Crippen LogP) is 2.93. The lowest BCUT2D eigenvalue weighted by molar-refractivity contribution is -0.684. The van der Waals surface area contributed by atoms with Crippen molar-refractivity contribution in [1.82, 2.24) is 5.32 Å². The molecule has 0 radical (unpaired) electrons. The number of rotatable bonds is 12. The number of pyridine rings is 1. The topological polar surface area (TPSA) is 70.3 Å². The monoisotopic (exact) mass is 321 g/mol. The molecule has 1 aromatic rings. The third-order valence-corrected chi connectivity index (χ3v) is 3.78. The van der Waals surface area contributed by atoms with Crippen molar-refractivity contribution >= 4 is 11.9 Å². The van der Waals surface area contributed by atoms with E-state index in [1.807, 2.05) is 0 Å². The SMILES string of the molecule is CCCCCCCCCCNC(=O)C[n+]1cccc(C(=O)O)c1. The van der Waals surface area contributed by atoms with Gasteiger partial charge in [0.25, 0.3) is 5.91 Å². The third-order valence-electron chi connectivity index (χ3n) is 3.78. The molecule has 0 bridgehead atoms. The number of hydrogen-bond donors (Lipinski definition) is 2. The van der Waals surface area contributed by atoms with Crippen molar-refractivity contribution in [2.75, 3.05) is 6.54 Å². The van der Waals surface area contributed by atoms with Crippen LogP contribution in [-0.4, -0.2) is 23.5 Å². The van der Waals surface area contributed by atoms with Gasteiger partial charge in [0.1, 0.15) is 5.56 Å². The van der Waals surface area contributed by atoms with Crippen LogP contribution >= 0.6 is 0 Å². The van der Waals surface area contributed by atoms with Crippen LogP contribution in [0.2, 0.25) is 0 Å². The molecule has 0 aromatic carbocycles. The van der Waals surface area contributed by atoms with Crippen LogP contribution in [0.1, 0.15) is 68.6 Å². The fourth-order valence-electron chi connectivity index (χ4n) is 2.46. The van der Waals surface area contributed by atoms with Crippen LogP contribution in [0.15, 0.2) is 24.5 Å². The minimum absolute atomic E-state index is 0.0829. The maximum absolute atomic E-state index is 11.8. The van der Waals surface area contributed by atoms with Crippen LogP contribution in [0.25, 0.3) is 0 Å². The molecule has 0 atom stereocenters. The largest absolute Gasteiger partial charge is 0.477 e. The molecule has 0 aliphatic heterocycles. The van der Waals surface area contributed by atoms with E-state index >= 15 is 0 Å². The number of nitrogens with one attached hydrogen (secondary N) is 1. The predicted molar refractivity (Wildman–Crippen MR) is 89.2 cm³/mol. The Morgan fingerprint density at radius 3 is 2.39 bits per heavy atom. The lowest BCUT2D eigenvalue weighted by atomic mass is 10.1. The second kappa shape index (κ2) is 11.6. The number of aromatic carboxylic acids is 1. The van der Waals surface area contributed by atoms with Crippen molar-refractivity contribution in [2.45, 2.75) is 64.8 Å². The first-order valence-corrected chi connectivity index (χ1v) is 8.62. The van der Waals surface area contributed by atoms with Crippen molar-refractivity contribution in [2.24, 2.45) is 0 Å². The first-order valence-electron chi connectivity index (χ1n) is 8.62. The molecule has 1 aromatic heterocycles. The average Bonchev–Trinajstić information content (AvgIpc) is 2.53. The third kappa shape index (κ3) is 8.96. The molecule has 5 nitrogen and oxygen atoms in total. The van der Waals surface area contributed by atoms with Gasteiger partial charge in [-0.2, -0.15) is 4.57 Å². The molecule has 1 amide bonds. The summed E-state index contributed by atoms with van der Waals surface area (Å²) in [6, 6.07) is 3.15. The summed E-state index contributed by atoms with van der Waals surface area (Å²) in [6.07, 6.45) is 13.1. The van der Waals surface area contributed by atoms with Gasteiger partial charge in [0, 0.05) is 12.6 Å². The normalized spacial score (nSPS) is 10.5. The van der Waals surface area contributed by atoms with Crippen LogP contribution in [0.5, 0.6) is 0 Å². The highest BCUT2D eigenvalue weighted by Gasteiger charge is 2.12. The van der Waals surface area contributed by atoms with Crippen molar-refractivity contribution in [3.8, 4) is 0 Å². The lowest BCUT2D eigenvalue weighted by Crippen LogP contribution is -2.43. The average molecular weight is 321 g/mol. The zero-order valence-corrected chi connectivity index (χ0v) is 14.1. The second-order valence-corrected chi connectivity index (χ2v) is 5.89. The molecule has 23 heavy (non-hydrogen) atoms. The van der Waals surface area contributed by atoms with Gasteiger partial charge in [-0.1, -0.05) is 51.9 Å². The summed E-state index contributed by atoms with van der Waals surface area (Å²) in [6.45, 7) is 3.06. The van der Waals surface area contributed by atoms with Gasteiger partial charge in [-0.15, -0.1) is 0 Å². The molecule has 0 saturated carbocycles. The number of carboxylic acid groups (broad SMARTS) is 1. The molecular formula is C18H29N2O3+. The Balaban J connectivity index is 2.11.